The number of fused-ring (bicyclic) bond motifs is 2. The third-order valence-electron chi connectivity index (χ3n) is 3.72. The first-order chi connectivity index (χ1) is 10.5. The van der Waals surface area contributed by atoms with Gasteiger partial charge in [0.25, 0.3) is 0 Å². The van der Waals surface area contributed by atoms with E-state index in [1.54, 1.807) is 26.0 Å². The van der Waals surface area contributed by atoms with Crippen LogP contribution in [-0.2, 0) is 0 Å². The second-order valence-corrected chi connectivity index (χ2v) is 5.06. The summed E-state index contributed by atoms with van der Waals surface area (Å²) < 4.78 is 5.79. The van der Waals surface area contributed by atoms with Crippen molar-refractivity contribution < 1.29 is 14.0 Å². The van der Waals surface area contributed by atoms with Crippen LogP contribution in [0.15, 0.2) is 21.3 Å². The number of hydrogen-bond acceptors (Lipinski definition) is 6. The van der Waals surface area contributed by atoms with Crippen molar-refractivity contribution in [3.8, 4) is 11.5 Å². The number of nitrogens with two attached hydrogens (primary N) is 1. The molecule has 110 valence electrons. The number of benzene rings is 2. The van der Waals surface area contributed by atoms with E-state index in [0.717, 1.165) is 5.56 Å². The Balaban J connectivity index is 2.64. The Morgan fingerprint density at radius 3 is 2.55 bits per heavy atom. The van der Waals surface area contributed by atoms with Crippen LogP contribution in [0.3, 0.4) is 0 Å². The summed E-state index contributed by atoms with van der Waals surface area (Å²) in [5.74, 6) is 0.208. The average molecular weight is 296 g/mol. The number of carbonyl (C=O) groups excluding carboxylic acids is 2. The Kier molecular flexibility index (Phi) is 3.02. The van der Waals surface area contributed by atoms with E-state index in [4.69, 9.17) is 10.2 Å². The maximum absolute atomic E-state index is 12.1. The van der Waals surface area contributed by atoms with Gasteiger partial charge in [-0.05, 0) is 25.5 Å². The first-order valence-electron chi connectivity index (χ1n) is 6.56. The second kappa shape index (κ2) is 4.77. The number of aromatic nitrogens is 1. The third-order valence-corrected chi connectivity index (χ3v) is 3.72. The van der Waals surface area contributed by atoms with Gasteiger partial charge in [-0.2, -0.15) is 0 Å². The first-order valence-corrected chi connectivity index (χ1v) is 6.56. The van der Waals surface area contributed by atoms with Gasteiger partial charge >= 0.3 is 0 Å². The summed E-state index contributed by atoms with van der Waals surface area (Å²) >= 11 is 0. The van der Waals surface area contributed by atoms with Crippen molar-refractivity contribution in [2.75, 3.05) is 5.73 Å². The van der Waals surface area contributed by atoms with Crippen LogP contribution in [0.1, 0.15) is 31.8 Å². The fourth-order valence-electron chi connectivity index (χ4n) is 2.45. The molecule has 0 bridgehead atoms. The number of hydrogen-bond donors (Lipinski definition) is 1. The quantitative estimate of drug-likeness (QED) is 0.441. The van der Waals surface area contributed by atoms with Crippen molar-refractivity contribution in [2.24, 2.45) is 0 Å². The van der Waals surface area contributed by atoms with E-state index in [1.165, 1.54) is 0 Å². The fourth-order valence-corrected chi connectivity index (χ4v) is 2.45. The molecule has 0 saturated carbocycles. The number of carbonyl (C=O) groups is 2. The standard InChI is InChI=1S/C16H12N2O4/c1-7-3-4-9(5-19)12-15(7)22-16-8(2)14(21)11(17)10(6-20)13(16)18-12/h3-6H,17H2,1-2H3. The van der Waals surface area contributed by atoms with Gasteiger partial charge in [0.2, 0.25) is 5.43 Å². The van der Waals surface area contributed by atoms with Crippen molar-refractivity contribution in [3.05, 3.63) is 44.6 Å². The smallest absolute Gasteiger partial charge is 0.208 e. The molecule has 0 amide bonds. The highest BCUT2D eigenvalue weighted by molar-refractivity contribution is 5.99. The van der Waals surface area contributed by atoms with Crippen molar-refractivity contribution in [2.45, 2.75) is 13.8 Å². The van der Waals surface area contributed by atoms with Gasteiger partial charge in [0.1, 0.15) is 11.2 Å². The Bertz CT molecular complexity index is 972. The van der Waals surface area contributed by atoms with E-state index >= 15 is 0 Å². The van der Waals surface area contributed by atoms with Crippen LogP contribution in [0.4, 0.5) is 5.69 Å². The second-order valence-electron chi connectivity index (χ2n) is 5.06. The van der Waals surface area contributed by atoms with Crippen LogP contribution >= 0.6 is 0 Å². The van der Waals surface area contributed by atoms with Crippen molar-refractivity contribution in [3.63, 3.8) is 0 Å². The molecular formula is C16H12N2O4. The predicted octanol–water partition coefficient (Wildman–Crippen LogP) is 2.12. The Hall–Kier alpha value is -3.02. The normalized spacial score (nSPS) is 11.0. The first kappa shape index (κ1) is 13.9. The molecule has 0 aromatic heterocycles. The van der Waals surface area contributed by atoms with Gasteiger partial charge in [0.05, 0.1) is 11.3 Å². The van der Waals surface area contributed by atoms with Gasteiger partial charge in [-0.1, -0.05) is 6.07 Å². The van der Waals surface area contributed by atoms with Crippen LogP contribution in [0.2, 0.25) is 0 Å². The van der Waals surface area contributed by atoms with E-state index < -0.39 is 5.43 Å². The number of rotatable bonds is 2. The minimum atomic E-state index is -0.455. The molecule has 6 nitrogen and oxygen atoms in total. The molecule has 1 aliphatic heterocycles. The maximum atomic E-state index is 12.1. The highest BCUT2D eigenvalue weighted by Gasteiger charge is 2.23. The highest BCUT2D eigenvalue weighted by Crippen LogP contribution is 2.33. The van der Waals surface area contributed by atoms with Gasteiger partial charge < -0.3 is 10.2 Å². The zero-order valence-corrected chi connectivity index (χ0v) is 12.0. The van der Waals surface area contributed by atoms with Crippen molar-refractivity contribution in [1.82, 2.24) is 4.98 Å². The molecule has 3 rings (SSSR count). The van der Waals surface area contributed by atoms with Gasteiger partial charge in [-0.15, -0.1) is 0 Å². The molecule has 1 aromatic rings. The van der Waals surface area contributed by atoms with E-state index in [-0.39, 0.29) is 28.3 Å². The molecule has 2 N–H and O–H groups in total. The minimum absolute atomic E-state index is 0.0189. The van der Waals surface area contributed by atoms with E-state index in [0.29, 0.717) is 29.2 Å². The van der Waals surface area contributed by atoms with E-state index in [2.05, 4.69) is 4.98 Å². The lowest BCUT2D eigenvalue weighted by Crippen LogP contribution is -2.17. The summed E-state index contributed by atoms with van der Waals surface area (Å²) in [7, 11) is 0. The molecule has 22 heavy (non-hydrogen) atoms. The maximum Gasteiger partial charge on any atom is 0.208 e. The molecule has 1 aromatic carbocycles. The molecule has 1 heterocycles. The lowest BCUT2D eigenvalue weighted by atomic mass is 10.0. The molecule has 0 atom stereocenters. The predicted molar refractivity (Wildman–Crippen MR) is 81.6 cm³/mol. The zero-order valence-electron chi connectivity index (χ0n) is 12.0. The molecule has 0 spiro atoms. The topological polar surface area (TPSA) is 103 Å². The molecule has 0 radical (unpaired) electrons. The van der Waals surface area contributed by atoms with E-state index in [1.807, 2.05) is 0 Å². The monoisotopic (exact) mass is 296 g/mol. The third kappa shape index (κ3) is 1.74. The lowest BCUT2D eigenvalue weighted by molar-refractivity contribution is 0.111. The van der Waals surface area contributed by atoms with Gasteiger partial charge in [-0.3, -0.25) is 14.4 Å². The molecule has 0 unspecified atom stereocenters. The Morgan fingerprint density at radius 2 is 1.91 bits per heavy atom. The van der Waals surface area contributed by atoms with Crippen LogP contribution in [0, 0.1) is 13.8 Å². The van der Waals surface area contributed by atoms with Crippen LogP contribution in [0.5, 0.6) is 0 Å². The number of nitrogens with zero attached hydrogens (tertiary/aromatic N) is 1. The lowest BCUT2D eigenvalue weighted by Gasteiger charge is -2.14. The van der Waals surface area contributed by atoms with Gasteiger partial charge in [0, 0.05) is 11.1 Å². The largest absolute Gasteiger partial charge is 0.452 e. The molecule has 2 aliphatic rings. The fraction of sp³-hybridized carbons (Fsp3) is 0.125. The number of aryl methyl sites for hydroxylation is 1. The summed E-state index contributed by atoms with van der Waals surface area (Å²) in [5, 5.41) is 0. The summed E-state index contributed by atoms with van der Waals surface area (Å²) in [5.41, 5.74) is 7.39. The van der Waals surface area contributed by atoms with Gasteiger partial charge in [-0.25, -0.2) is 4.98 Å². The zero-order chi connectivity index (χ0) is 16.0. The summed E-state index contributed by atoms with van der Waals surface area (Å²) in [6.07, 6.45) is 1.14. The van der Waals surface area contributed by atoms with Crippen LogP contribution in [0.25, 0.3) is 22.6 Å². The summed E-state index contributed by atoms with van der Waals surface area (Å²) in [6, 6.07) is 3.35. The Morgan fingerprint density at radius 1 is 1.18 bits per heavy atom. The number of nitrogen functional groups attached to an aromatic ring is 1. The molecule has 0 fully saturated rings. The summed E-state index contributed by atoms with van der Waals surface area (Å²) in [6.45, 7) is 3.37. The summed E-state index contributed by atoms with van der Waals surface area (Å²) in [4.78, 5) is 38.9. The average Bonchev–Trinajstić information content (AvgIpc) is 2.53. The number of aldehydes is 2. The highest BCUT2D eigenvalue weighted by atomic mass is 16.3. The SMILES string of the molecule is Cc1c2oc3c(C)ccc(C=O)c3nc-2c(C=O)c(N)c1=O. The molecular weight excluding hydrogens is 284 g/mol. The molecule has 1 aliphatic carbocycles. The van der Waals surface area contributed by atoms with E-state index in [9.17, 15) is 14.4 Å². The van der Waals surface area contributed by atoms with Gasteiger partial charge in [0.15, 0.2) is 23.9 Å². The number of anilines is 1. The minimum Gasteiger partial charge on any atom is -0.452 e. The van der Waals surface area contributed by atoms with Crippen LogP contribution < -0.4 is 11.2 Å². The van der Waals surface area contributed by atoms with Crippen molar-refractivity contribution in [1.29, 1.82) is 0 Å². The molecule has 0 saturated heterocycles. The van der Waals surface area contributed by atoms with Crippen molar-refractivity contribution >= 4 is 29.4 Å². The Labute approximate surface area is 124 Å². The van der Waals surface area contributed by atoms with Crippen LogP contribution in [-0.4, -0.2) is 17.6 Å². The molecule has 6 heteroatoms.